The van der Waals surface area contributed by atoms with E-state index in [-0.39, 0.29) is 6.41 Å². The molecule has 2 fully saturated rings. The lowest BCUT2D eigenvalue weighted by Gasteiger charge is -2.30. The van der Waals surface area contributed by atoms with Gasteiger partial charge in [-0.2, -0.15) is 0 Å². The molecule has 2 heterocycles. The van der Waals surface area contributed by atoms with Gasteiger partial charge in [0.2, 0.25) is 6.41 Å². The fraction of sp³-hybridized carbons (Fsp3) is 0.600. The number of likely N-dealkylation sites (tertiary alicyclic amines) is 1. The lowest BCUT2D eigenvalue weighted by atomic mass is 9.94. The third kappa shape index (κ3) is 14.7. The summed E-state index contributed by atoms with van der Waals surface area (Å²) in [7, 11) is 3.35. The molecule has 44 heavy (non-hydrogen) atoms. The van der Waals surface area contributed by atoms with Crippen molar-refractivity contribution in [3.05, 3.63) is 29.7 Å². The molecule has 5 N–H and O–H groups in total. The van der Waals surface area contributed by atoms with Crippen LogP contribution < -0.4 is 16.2 Å². The lowest BCUT2D eigenvalue weighted by molar-refractivity contribution is -0.118. The molecule has 0 radical (unpaired) electrons. The number of nitrogens with one attached hydrogen (secondary N) is 1. The number of nitrogen functional groups attached to an aromatic ring is 1. The molecule has 1 aliphatic heterocycles. The molecule has 246 valence electrons. The van der Waals surface area contributed by atoms with Crippen molar-refractivity contribution in [2.24, 2.45) is 16.1 Å². The largest absolute Gasteiger partial charge is 0.496 e. The number of amides is 1. The number of aromatic amines is 1. The second-order valence-corrected chi connectivity index (χ2v) is 10.7. The number of aromatic nitrogens is 2. The number of imidazole rings is 1. The standard InChI is InChI=1S/C21H30N4O2.C9H17N.C2H6.C2H2.CH3NO/c1-4-16(26)9-7-5-6-8-10-21-24-14-19(25-21)17-11-15(13-23-2)18(22)12-20(17)27-3;1-2-10-7-5-9(3-4-9)6-8-10;2*1-2;2-1-3/h11-14H,4-10,22H2,1-3H3,(H,24,25);2-8H2,1H3;1-2H3;1-2H;1H,(H2,2,3). The van der Waals surface area contributed by atoms with Gasteiger partial charge >= 0.3 is 0 Å². The minimum absolute atomic E-state index is 0.250. The summed E-state index contributed by atoms with van der Waals surface area (Å²) >= 11 is 0. The van der Waals surface area contributed by atoms with Gasteiger partial charge in [-0.05, 0) is 69.6 Å². The molecular formula is C35H58N6O3. The lowest BCUT2D eigenvalue weighted by Crippen LogP contribution is -2.34. The SMILES string of the molecule is C#C.CC.CCC(=O)CCCCCCc1ncc(-c2cc(C=NC)c(N)cc2OC)[nH]1.CCN1CCC2(CC1)CC2.NC=O. The van der Waals surface area contributed by atoms with Crippen LogP contribution in [0.15, 0.2) is 23.3 Å². The molecule has 2 aliphatic rings. The molecule has 1 saturated heterocycles. The highest BCUT2D eigenvalue weighted by molar-refractivity contribution is 5.90. The van der Waals surface area contributed by atoms with Crippen molar-refractivity contribution in [2.45, 2.75) is 98.3 Å². The normalized spacial score (nSPS) is 14.4. The molecule has 1 amide bonds. The zero-order valence-electron chi connectivity index (χ0n) is 28.2. The third-order valence-electron chi connectivity index (χ3n) is 7.93. The minimum atomic E-state index is 0.250. The van der Waals surface area contributed by atoms with Gasteiger partial charge in [-0.25, -0.2) is 4.98 Å². The first kappa shape index (κ1) is 40.4. The van der Waals surface area contributed by atoms with Gasteiger partial charge in [0.25, 0.3) is 0 Å². The van der Waals surface area contributed by atoms with E-state index in [4.69, 9.17) is 15.3 Å². The van der Waals surface area contributed by atoms with E-state index in [1.54, 1.807) is 20.4 Å². The summed E-state index contributed by atoms with van der Waals surface area (Å²) in [5, 5.41) is 0. The molecule has 0 atom stereocenters. The van der Waals surface area contributed by atoms with Gasteiger partial charge in [0.05, 0.1) is 19.0 Å². The Morgan fingerprint density at radius 2 is 1.73 bits per heavy atom. The highest BCUT2D eigenvalue weighted by atomic mass is 16.5. The Morgan fingerprint density at radius 3 is 2.25 bits per heavy atom. The summed E-state index contributed by atoms with van der Waals surface area (Å²) in [5.41, 5.74) is 14.4. The third-order valence-corrected chi connectivity index (χ3v) is 7.93. The smallest absolute Gasteiger partial charge is 0.204 e. The van der Waals surface area contributed by atoms with Gasteiger partial charge in [0, 0.05) is 55.4 Å². The number of H-pyrrole nitrogens is 1. The quantitative estimate of drug-likeness (QED) is 0.0830. The number of aliphatic imine (C=N–C) groups is 1. The predicted octanol–water partition coefficient (Wildman–Crippen LogP) is 6.45. The average Bonchev–Trinajstić information content (AvgIpc) is 3.64. The predicted molar refractivity (Wildman–Crippen MR) is 185 cm³/mol. The summed E-state index contributed by atoms with van der Waals surface area (Å²) in [4.78, 5) is 34.4. The van der Waals surface area contributed by atoms with Crippen molar-refractivity contribution >= 4 is 24.1 Å². The molecule has 1 saturated carbocycles. The van der Waals surface area contributed by atoms with Crippen LogP contribution in [0.2, 0.25) is 0 Å². The van der Waals surface area contributed by atoms with Crippen molar-refractivity contribution in [3.63, 3.8) is 0 Å². The first-order valence-corrected chi connectivity index (χ1v) is 16.0. The molecule has 1 aromatic heterocycles. The molecule has 1 aliphatic carbocycles. The van der Waals surface area contributed by atoms with Crippen molar-refractivity contribution in [1.29, 1.82) is 0 Å². The second-order valence-electron chi connectivity index (χ2n) is 10.7. The number of nitrogens with zero attached hydrogens (tertiary/aromatic N) is 3. The zero-order valence-corrected chi connectivity index (χ0v) is 28.2. The van der Waals surface area contributed by atoms with Crippen LogP contribution in [0.4, 0.5) is 5.69 Å². The summed E-state index contributed by atoms with van der Waals surface area (Å²) < 4.78 is 5.48. The number of ether oxygens (including phenoxy) is 1. The maximum Gasteiger partial charge on any atom is 0.204 e. The van der Waals surface area contributed by atoms with Gasteiger partial charge < -0.3 is 26.1 Å². The van der Waals surface area contributed by atoms with E-state index in [9.17, 15) is 4.79 Å². The Hall–Kier alpha value is -3.64. The van der Waals surface area contributed by atoms with Crippen molar-refractivity contribution in [3.8, 4) is 29.9 Å². The molecular weight excluding hydrogens is 552 g/mol. The fourth-order valence-corrected chi connectivity index (χ4v) is 5.03. The average molecular weight is 611 g/mol. The summed E-state index contributed by atoms with van der Waals surface area (Å²) in [5.74, 6) is 2.02. The molecule has 4 rings (SSSR count). The summed E-state index contributed by atoms with van der Waals surface area (Å²) in [6, 6.07) is 3.77. The molecule has 1 spiro atoms. The van der Waals surface area contributed by atoms with Crippen LogP contribution in [0.25, 0.3) is 11.3 Å². The summed E-state index contributed by atoms with van der Waals surface area (Å²) in [6.45, 7) is 12.2. The monoisotopic (exact) mass is 610 g/mol. The maximum atomic E-state index is 11.3. The van der Waals surface area contributed by atoms with Crippen LogP contribution in [-0.2, 0) is 16.0 Å². The molecule has 9 nitrogen and oxygen atoms in total. The van der Waals surface area contributed by atoms with Gasteiger partial charge in [-0.3, -0.25) is 14.6 Å². The van der Waals surface area contributed by atoms with Crippen molar-refractivity contribution in [2.75, 3.05) is 39.5 Å². The van der Waals surface area contributed by atoms with Crippen LogP contribution in [-0.4, -0.2) is 67.1 Å². The Morgan fingerprint density at radius 1 is 1.11 bits per heavy atom. The molecule has 0 bridgehead atoms. The topological polar surface area (TPSA) is 140 Å². The van der Waals surface area contributed by atoms with Crippen LogP contribution in [0.1, 0.15) is 103 Å². The van der Waals surface area contributed by atoms with Gasteiger partial charge in [0.15, 0.2) is 0 Å². The summed E-state index contributed by atoms with van der Waals surface area (Å²) in [6.07, 6.45) is 24.3. The van der Waals surface area contributed by atoms with E-state index in [1.807, 2.05) is 39.1 Å². The number of terminal acetylenes is 1. The Bertz CT molecular complexity index is 1110. The Balaban J connectivity index is 0.000000889. The van der Waals surface area contributed by atoms with Crippen LogP contribution >= 0.6 is 0 Å². The number of primary amides is 1. The van der Waals surface area contributed by atoms with Crippen LogP contribution in [0.3, 0.4) is 0 Å². The van der Waals surface area contributed by atoms with E-state index < -0.39 is 0 Å². The van der Waals surface area contributed by atoms with Crippen LogP contribution in [0, 0.1) is 18.3 Å². The number of anilines is 1. The number of rotatable bonds is 12. The maximum absolute atomic E-state index is 11.3. The number of carbonyl (C=O) groups is 2. The number of hydrogen-bond acceptors (Lipinski definition) is 7. The number of carbonyl (C=O) groups excluding carboxylic acids is 2. The zero-order chi connectivity index (χ0) is 33.4. The molecule has 9 heteroatoms. The van der Waals surface area contributed by atoms with E-state index in [0.717, 1.165) is 60.2 Å². The fourth-order valence-electron chi connectivity index (χ4n) is 5.03. The number of aryl methyl sites for hydroxylation is 1. The number of Topliss-reactive ketones (excluding diaryl/α,β-unsaturated/α-hetero) is 1. The van der Waals surface area contributed by atoms with E-state index in [1.165, 1.54) is 45.3 Å². The number of methoxy groups -OCH3 is 1. The second kappa shape index (κ2) is 23.8. The highest BCUT2D eigenvalue weighted by Gasteiger charge is 2.43. The highest BCUT2D eigenvalue weighted by Crippen LogP contribution is 2.53. The minimum Gasteiger partial charge on any atom is -0.496 e. The van der Waals surface area contributed by atoms with Crippen LogP contribution in [0.5, 0.6) is 5.75 Å². The Labute approximate surface area is 266 Å². The first-order chi connectivity index (χ1) is 21.3. The van der Waals surface area contributed by atoms with Crippen molar-refractivity contribution in [1.82, 2.24) is 14.9 Å². The number of benzene rings is 1. The number of piperidine rings is 1. The Kier molecular flexibility index (Phi) is 21.8. The molecule has 0 unspecified atom stereocenters. The molecule has 1 aromatic carbocycles. The van der Waals surface area contributed by atoms with Gasteiger partial charge in [-0.1, -0.05) is 40.5 Å². The van der Waals surface area contributed by atoms with Crippen molar-refractivity contribution < 1.29 is 14.3 Å². The van der Waals surface area contributed by atoms with E-state index >= 15 is 0 Å². The van der Waals surface area contributed by atoms with Gasteiger partial charge in [-0.15, -0.1) is 12.8 Å². The number of nitrogens with two attached hydrogens (primary N) is 2. The van der Waals surface area contributed by atoms with E-state index in [0.29, 0.717) is 30.1 Å². The van der Waals surface area contributed by atoms with E-state index in [2.05, 4.69) is 45.4 Å². The number of hydrogen-bond donors (Lipinski definition) is 3. The first-order valence-electron chi connectivity index (χ1n) is 16.0. The molecule has 2 aromatic rings. The van der Waals surface area contributed by atoms with Gasteiger partial charge in [0.1, 0.15) is 17.4 Å². The number of unbranched alkanes of at least 4 members (excludes halogenated alkanes) is 3. The number of ketones is 1.